The summed E-state index contributed by atoms with van der Waals surface area (Å²) in [5.74, 6) is -2.88. The van der Waals surface area contributed by atoms with Crippen molar-refractivity contribution in [1.82, 2.24) is 24.9 Å². The second kappa shape index (κ2) is 14.5. The quantitative estimate of drug-likeness (QED) is 0.364. The summed E-state index contributed by atoms with van der Waals surface area (Å²) in [5, 5.41) is 16.3. The monoisotopic (exact) mass is 601 g/mol. The maximum absolute atomic E-state index is 13.6. The van der Waals surface area contributed by atoms with Crippen LogP contribution >= 0.6 is 0 Å². The lowest BCUT2D eigenvalue weighted by Gasteiger charge is -2.36. The number of piperazine rings is 1. The Morgan fingerprint density at radius 1 is 1.02 bits per heavy atom. The number of hydrogen-bond donors (Lipinski definition) is 2. The predicted molar refractivity (Wildman–Crippen MR) is 153 cm³/mol. The number of nitrogens with one attached hydrogen (secondary N) is 1. The topological polar surface area (TPSA) is 170 Å². The van der Waals surface area contributed by atoms with Crippen LogP contribution in [-0.4, -0.2) is 105 Å². The molecule has 2 N–H and O–H groups in total. The summed E-state index contributed by atoms with van der Waals surface area (Å²) in [4.78, 5) is 66.0. The van der Waals surface area contributed by atoms with Gasteiger partial charge >= 0.3 is 18.0 Å². The van der Waals surface area contributed by atoms with Crippen molar-refractivity contribution in [3.8, 4) is 11.6 Å². The van der Waals surface area contributed by atoms with E-state index in [1.54, 1.807) is 58.0 Å². The SMILES string of the molecule is CCOC(=O)N1CCN(C(=O)C(CCC(=O)OC(C)(C)C)NC(=O)c2cc(O[C@@H](C)C(=O)O)n(-c3ccccc3)n2)CC1. The maximum Gasteiger partial charge on any atom is 0.409 e. The maximum atomic E-state index is 13.6. The molecule has 0 radical (unpaired) electrons. The normalized spacial score (nSPS) is 14.8. The number of carboxylic acids is 1. The molecule has 0 saturated carbocycles. The Morgan fingerprint density at radius 2 is 1.65 bits per heavy atom. The fourth-order valence-corrected chi connectivity index (χ4v) is 4.23. The number of rotatable bonds is 11. The summed E-state index contributed by atoms with van der Waals surface area (Å²) in [6, 6.07) is 8.86. The molecular weight excluding hydrogens is 562 g/mol. The minimum atomic E-state index is -1.23. The largest absolute Gasteiger partial charge is 0.479 e. The lowest BCUT2D eigenvalue weighted by molar-refractivity contribution is -0.155. The third-order valence-corrected chi connectivity index (χ3v) is 6.33. The van der Waals surface area contributed by atoms with Crippen LogP contribution in [0.5, 0.6) is 5.88 Å². The summed E-state index contributed by atoms with van der Waals surface area (Å²) < 4.78 is 17.3. The molecule has 3 amide bonds. The van der Waals surface area contributed by atoms with Gasteiger partial charge in [0.25, 0.3) is 5.91 Å². The Bertz CT molecular complexity index is 1300. The van der Waals surface area contributed by atoms with E-state index >= 15 is 0 Å². The van der Waals surface area contributed by atoms with Gasteiger partial charge in [0.2, 0.25) is 11.8 Å². The summed E-state index contributed by atoms with van der Waals surface area (Å²) in [5.41, 5.74) is -0.332. The van der Waals surface area contributed by atoms with Crippen LogP contribution < -0.4 is 10.1 Å². The standard InChI is InChI=1S/C29H39N5O9/c1-6-41-28(40)33-16-14-32(15-17-33)26(37)21(12-13-24(35)43-29(3,4)5)30-25(36)22-18-23(42-19(2)27(38)39)34(31-22)20-10-8-7-9-11-20/h7-11,18-19,21H,6,12-17H2,1-5H3,(H,30,36)(H,38,39)/t19-,21?/m0/s1. The van der Waals surface area contributed by atoms with Crippen molar-refractivity contribution >= 4 is 29.8 Å². The molecule has 1 aromatic heterocycles. The number of aromatic nitrogens is 2. The van der Waals surface area contributed by atoms with Gasteiger partial charge in [-0.15, -0.1) is 0 Å². The van der Waals surface area contributed by atoms with Crippen LogP contribution in [0.4, 0.5) is 4.79 Å². The van der Waals surface area contributed by atoms with Crippen LogP contribution in [0.1, 0.15) is 57.9 Å². The van der Waals surface area contributed by atoms with E-state index in [0.717, 1.165) is 0 Å². The molecule has 2 aromatic rings. The Morgan fingerprint density at radius 3 is 2.23 bits per heavy atom. The van der Waals surface area contributed by atoms with Gasteiger partial charge in [-0.25, -0.2) is 14.3 Å². The second-order valence-corrected chi connectivity index (χ2v) is 10.9. The van der Waals surface area contributed by atoms with E-state index in [2.05, 4.69) is 10.4 Å². The highest BCUT2D eigenvalue weighted by molar-refractivity contribution is 5.96. The van der Waals surface area contributed by atoms with Gasteiger partial charge in [0.15, 0.2) is 11.8 Å². The van der Waals surface area contributed by atoms with Crippen LogP contribution in [0.15, 0.2) is 36.4 Å². The van der Waals surface area contributed by atoms with E-state index < -0.39 is 47.6 Å². The van der Waals surface area contributed by atoms with Crippen molar-refractivity contribution in [2.24, 2.45) is 0 Å². The van der Waals surface area contributed by atoms with E-state index in [1.807, 2.05) is 0 Å². The van der Waals surface area contributed by atoms with Crippen molar-refractivity contribution in [3.63, 3.8) is 0 Å². The fourth-order valence-electron chi connectivity index (χ4n) is 4.23. The number of ether oxygens (including phenoxy) is 3. The molecule has 3 rings (SSSR count). The van der Waals surface area contributed by atoms with Crippen LogP contribution in [0, 0.1) is 0 Å². The Hall–Kier alpha value is -4.62. The molecule has 2 atom stereocenters. The molecule has 1 aliphatic heterocycles. The van der Waals surface area contributed by atoms with Crippen molar-refractivity contribution < 1.29 is 43.3 Å². The summed E-state index contributed by atoms with van der Waals surface area (Å²) in [7, 11) is 0. The average molecular weight is 602 g/mol. The highest BCUT2D eigenvalue weighted by atomic mass is 16.6. The average Bonchev–Trinajstić information content (AvgIpc) is 3.38. The van der Waals surface area contributed by atoms with E-state index in [0.29, 0.717) is 5.69 Å². The first-order valence-electron chi connectivity index (χ1n) is 14.1. The number of carbonyl (C=O) groups excluding carboxylic acids is 4. The third kappa shape index (κ3) is 9.45. The number of para-hydroxylation sites is 1. The number of aliphatic carboxylic acids is 1. The van der Waals surface area contributed by atoms with Gasteiger partial charge in [0.1, 0.15) is 11.6 Å². The van der Waals surface area contributed by atoms with Crippen molar-refractivity contribution in [2.45, 2.75) is 65.2 Å². The first-order chi connectivity index (χ1) is 20.3. The van der Waals surface area contributed by atoms with Gasteiger partial charge in [0.05, 0.1) is 12.3 Å². The molecule has 1 unspecified atom stereocenters. The highest BCUT2D eigenvalue weighted by Gasteiger charge is 2.32. The second-order valence-electron chi connectivity index (χ2n) is 10.9. The number of benzene rings is 1. The minimum absolute atomic E-state index is 0.0120. The van der Waals surface area contributed by atoms with E-state index in [1.165, 1.54) is 27.5 Å². The van der Waals surface area contributed by atoms with Crippen molar-refractivity contribution in [2.75, 3.05) is 32.8 Å². The summed E-state index contributed by atoms with van der Waals surface area (Å²) in [6.07, 6.45) is -1.88. The first kappa shape index (κ1) is 32.9. The van der Waals surface area contributed by atoms with Crippen molar-refractivity contribution in [1.29, 1.82) is 0 Å². The molecule has 2 heterocycles. The number of nitrogens with zero attached hydrogens (tertiary/aromatic N) is 4. The molecule has 1 saturated heterocycles. The van der Waals surface area contributed by atoms with Gasteiger partial charge in [-0.3, -0.25) is 14.4 Å². The zero-order valence-corrected chi connectivity index (χ0v) is 25.1. The Kier molecular flexibility index (Phi) is 11.1. The van der Waals surface area contributed by atoms with Crippen LogP contribution in [0.3, 0.4) is 0 Å². The number of esters is 1. The van der Waals surface area contributed by atoms with Crippen LogP contribution in [0.2, 0.25) is 0 Å². The molecule has 1 aromatic carbocycles. The summed E-state index contributed by atoms with van der Waals surface area (Å²) >= 11 is 0. The predicted octanol–water partition coefficient (Wildman–Crippen LogP) is 2.25. The van der Waals surface area contributed by atoms with Crippen LogP contribution in [0.25, 0.3) is 5.69 Å². The molecule has 234 valence electrons. The highest BCUT2D eigenvalue weighted by Crippen LogP contribution is 2.21. The zero-order valence-electron chi connectivity index (χ0n) is 25.1. The molecule has 0 spiro atoms. The fraction of sp³-hybridized carbons (Fsp3) is 0.517. The Balaban J connectivity index is 1.82. The molecular formula is C29H39N5O9. The number of amides is 3. The molecule has 43 heavy (non-hydrogen) atoms. The third-order valence-electron chi connectivity index (χ3n) is 6.33. The minimum Gasteiger partial charge on any atom is -0.479 e. The first-order valence-corrected chi connectivity index (χ1v) is 14.1. The van der Waals surface area contributed by atoms with Gasteiger partial charge in [-0.2, -0.15) is 5.10 Å². The van der Waals surface area contributed by atoms with E-state index in [4.69, 9.17) is 14.2 Å². The van der Waals surface area contributed by atoms with Gasteiger partial charge in [-0.05, 0) is 53.2 Å². The molecule has 0 aliphatic carbocycles. The van der Waals surface area contributed by atoms with Crippen LogP contribution in [-0.2, 0) is 23.9 Å². The Labute approximate surface area is 249 Å². The van der Waals surface area contributed by atoms with E-state index in [9.17, 15) is 29.1 Å². The molecule has 1 fully saturated rings. The van der Waals surface area contributed by atoms with Gasteiger partial charge in [-0.1, -0.05) is 18.2 Å². The molecule has 1 aliphatic rings. The lowest BCUT2D eigenvalue weighted by Crippen LogP contribution is -2.56. The zero-order chi connectivity index (χ0) is 31.7. The number of hydrogen-bond acceptors (Lipinski definition) is 9. The molecule has 0 bridgehead atoms. The smallest absolute Gasteiger partial charge is 0.409 e. The molecule has 14 nitrogen and oxygen atoms in total. The number of carboxylic acid groups (broad SMARTS) is 1. The number of carbonyl (C=O) groups is 5. The van der Waals surface area contributed by atoms with Gasteiger partial charge in [0, 0.05) is 38.7 Å². The summed E-state index contributed by atoms with van der Waals surface area (Å²) in [6.45, 7) is 9.40. The van der Waals surface area contributed by atoms with Gasteiger partial charge < -0.3 is 34.4 Å². The van der Waals surface area contributed by atoms with Crippen molar-refractivity contribution in [3.05, 3.63) is 42.1 Å². The lowest BCUT2D eigenvalue weighted by atomic mass is 10.1. The van der Waals surface area contributed by atoms with E-state index in [-0.39, 0.29) is 57.2 Å². The molecule has 14 heteroatoms.